The molecule has 0 saturated carbocycles. The summed E-state index contributed by atoms with van der Waals surface area (Å²) in [6.07, 6.45) is 41.7. The number of benzene rings is 4. The highest BCUT2D eigenvalue weighted by atomic mass is 32.1. The van der Waals surface area contributed by atoms with E-state index in [0.29, 0.717) is 36.1 Å². The molecule has 0 N–H and O–H groups in total. The summed E-state index contributed by atoms with van der Waals surface area (Å²) in [4.78, 5) is 40.9. The Morgan fingerprint density at radius 2 is 0.783 bits per heavy atom. The average molecular weight is 1310 g/mol. The van der Waals surface area contributed by atoms with Crippen LogP contribution in [0.25, 0.3) is 74.3 Å². The van der Waals surface area contributed by atoms with Crippen molar-refractivity contribution in [3.8, 4) is 32.0 Å². The van der Waals surface area contributed by atoms with E-state index in [-0.39, 0.29) is 11.8 Å². The van der Waals surface area contributed by atoms with Crippen molar-refractivity contribution in [2.75, 3.05) is 13.1 Å². The Labute approximate surface area is 571 Å². The van der Waals surface area contributed by atoms with Gasteiger partial charge in [-0.15, -0.1) is 45.3 Å². The maximum Gasteiger partial charge on any atom is 0.261 e. The molecule has 10 rings (SSSR count). The topological polar surface area (TPSA) is 40.6 Å². The molecule has 0 bridgehead atoms. The van der Waals surface area contributed by atoms with Crippen LogP contribution < -0.4 is 0 Å². The molecule has 2 aliphatic heterocycles. The van der Waals surface area contributed by atoms with Gasteiger partial charge in [-0.3, -0.25) is 9.59 Å². The summed E-state index contributed by atoms with van der Waals surface area (Å²) in [6, 6.07) is 37.7. The van der Waals surface area contributed by atoms with Gasteiger partial charge in [-0.2, -0.15) is 0 Å². The summed E-state index contributed by atoms with van der Waals surface area (Å²) >= 11 is 7.25. The molecule has 2 atom stereocenters. The van der Waals surface area contributed by atoms with Crippen molar-refractivity contribution < 1.29 is 9.59 Å². The largest absolute Gasteiger partial charge is 0.306 e. The number of thiophene rings is 4. The third-order valence-corrected chi connectivity index (χ3v) is 24.5. The summed E-state index contributed by atoms with van der Waals surface area (Å²) in [6.45, 7) is 15.1. The van der Waals surface area contributed by atoms with Gasteiger partial charge in [0.2, 0.25) is 0 Å². The van der Waals surface area contributed by atoms with E-state index in [4.69, 9.17) is 0 Å². The monoisotopic (exact) mass is 1310 g/mol. The smallest absolute Gasteiger partial charge is 0.261 e. The molecule has 0 saturated heterocycles. The van der Waals surface area contributed by atoms with Crippen LogP contribution in [-0.4, -0.2) is 34.7 Å². The fourth-order valence-electron chi connectivity index (χ4n) is 14.9. The molecule has 0 radical (unpaired) electrons. The van der Waals surface area contributed by atoms with Crippen LogP contribution in [0.5, 0.6) is 0 Å². The standard InChI is InChI=1S/C84H110N2O2S4/c1-7-13-19-25-27-33-40-63(38-31-23-17-11-5)59-85-79(72-42-35-54-89-72)77-78(84(85)88)80(86(83(77)87)60-64(39-32-24-18-12-6)41-34-28-26-20-14-8-2)73-52-51-71(91-73)74-58-68-57-70(66-49-45-62(46-50-66)37-30-22-16-10-4)75-76(82(68)92-74)69(56-67-53-55-90-81(67)75)65-47-43-61(44-48-65)36-29-21-15-9-3/h35,42-58,63-64H,7-34,36-41,59-60H2,1-6H3. The first kappa shape index (κ1) is 69.7. The average Bonchev–Trinajstić information content (AvgIpc) is 1.52. The number of carbonyl (C=O) groups excluding carboxylic acids is 2. The van der Waals surface area contributed by atoms with E-state index < -0.39 is 0 Å². The number of fused-ring (bicyclic) bond motifs is 6. The molecule has 2 unspecified atom stereocenters. The van der Waals surface area contributed by atoms with E-state index in [1.807, 2.05) is 22.7 Å². The first-order valence-corrected chi connectivity index (χ1v) is 40.5. The van der Waals surface area contributed by atoms with Gasteiger partial charge in [0, 0.05) is 43.0 Å². The molecule has 0 aliphatic carbocycles. The molecule has 4 aromatic heterocycles. The van der Waals surface area contributed by atoms with Gasteiger partial charge >= 0.3 is 0 Å². The fourth-order valence-corrected chi connectivity index (χ4v) is 19.0. The Balaban J connectivity index is 1.09. The number of rotatable bonds is 43. The number of hydrogen-bond donors (Lipinski definition) is 0. The SMILES string of the molecule is CCCCCCCCC(CCCCCC)CN1C(=O)C2=C(c3ccc(-c4cc5cc(-c6ccc(CCCCCC)cc6)c6c7sccc7cc(-c7ccc(CCCCCC)cc7)c6c5s4)s3)N(CC(CCCCCC)CCCCCCCC)C(=O)C2=C1c1cccs1. The van der Waals surface area contributed by atoms with Crippen LogP contribution in [0.3, 0.4) is 0 Å². The van der Waals surface area contributed by atoms with Gasteiger partial charge in [-0.25, -0.2) is 0 Å². The Morgan fingerprint density at radius 3 is 1.26 bits per heavy atom. The fraction of sp³-hybridized carbons (Fsp3) is 0.524. The van der Waals surface area contributed by atoms with Crippen molar-refractivity contribution >= 4 is 99.5 Å². The molecular weight excluding hydrogens is 1200 g/mol. The molecule has 6 heterocycles. The van der Waals surface area contributed by atoms with Crippen molar-refractivity contribution in [1.82, 2.24) is 9.80 Å². The number of amides is 2. The van der Waals surface area contributed by atoms with E-state index in [1.165, 1.54) is 254 Å². The quantitative estimate of drug-likeness (QED) is 0.0357. The van der Waals surface area contributed by atoms with Crippen molar-refractivity contribution in [3.05, 3.63) is 140 Å². The summed E-state index contributed by atoms with van der Waals surface area (Å²) in [5, 5.41) is 9.64. The predicted octanol–water partition coefficient (Wildman–Crippen LogP) is 27.1. The Morgan fingerprint density at radius 1 is 0.359 bits per heavy atom. The van der Waals surface area contributed by atoms with Gasteiger partial charge in [-0.05, 0) is 161 Å². The summed E-state index contributed by atoms with van der Waals surface area (Å²) in [5.74, 6) is 0.799. The highest BCUT2D eigenvalue weighted by Gasteiger charge is 2.50. The van der Waals surface area contributed by atoms with E-state index >= 15 is 9.59 Å². The molecule has 2 aliphatic rings. The van der Waals surface area contributed by atoms with E-state index in [9.17, 15) is 0 Å². The number of aryl methyl sites for hydroxylation is 2. The lowest BCUT2D eigenvalue weighted by Gasteiger charge is -2.29. The minimum atomic E-state index is 0.0310. The molecule has 8 heteroatoms. The van der Waals surface area contributed by atoms with Crippen LogP contribution in [0, 0.1) is 11.8 Å². The maximum absolute atomic E-state index is 16.1. The highest BCUT2D eigenvalue weighted by Crippen LogP contribution is 2.53. The van der Waals surface area contributed by atoms with Crippen LogP contribution >= 0.6 is 45.3 Å². The molecule has 492 valence electrons. The highest BCUT2D eigenvalue weighted by molar-refractivity contribution is 7.27. The van der Waals surface area contributed by atoms with Crippen LogP contribution in [-0.2, 0) is 22.4 Å². The first-order valence-electron chi connectivity index (χ1n) is 37.1. The maximum atomic E-state index is 16.1. The third-order valence-electron chi connectivity index (χ3n) is 20.2. The number of unbranched alkanes of at least 4 members (excludes halogenated alkanes) is 22. The van der Waals surface area contributed by atoms with Gasteiger partial charge in [0.05, 0.1) is 32.3 Å². The molecule has 4 nitrogen and oxygen atoms in total. The minimum absolute atomic E-state index is 0.0310. The van der Waals surface area contributed by atoms with Crippen LogP contribution in [0.1, 0.15) is 268 Å². The lowest BCUT2D eigenvalue weighted by molar-refractivity contribution is -0.124. The zero-order valence-electron chi connectivity index (χ0n) is 57.3. The molecule has 8 aromatic rings. The van der Waals surface area contributed by atoms with Gasteiger partial charge in [-0.1, -0.05) is 263 Å². The predicted molar refractivity (Wildman–Crippen MR) is 407 cm³/mol. The lowest BCUT2D eigenvalue weighted by Crippen LogP contribution is -2.34. The first-order chi connectivity index (χ1) is 45.3. The zero-order valence-corrected chi connectivity index (χ0v) is 60.6. The van der Waals surface area contributed by atoms with Crippen molar-refractivity contribution in [3.63, 3.8) is 0 Å². The van der Waals surface area contributed by atoms with Gasteiger partial charge in [0.25, 0.3) is 11.8 Å². The second-order valence-electron chi connectivity index (χ2n) is 27.4. The van der Waals surface area contributed by atoms with E-state index in [0.717, 1.165) is 59.7 Å². The molecule has 2 amide bonds. The summed E-state index contributed by atoms with van der Waals surface area (Å²) in [7, 11) is 0. The van der Waals surface area contributed by atoms with Crippen LogP contribution in [0.4, 0.5) is 0 Å². The number of nitrogens with zero attached hydrogens (tertiary/aromatic N) is 2. The van der Waals surface area contributed by atoms with Crippen molar-refractivity contribution in [2.24, 2.45) is 11.8 Å². The molecule has 4 aromatic carbocycles. The van der Waals surface area contributed by atoms with Crippen LogP contribution in [0.15, 0.2) is 119 Å². The normalized spacial score (nSPS) is 14.3. The van der Waals surface area contributed by atoms with Crippen molar-refractivity contribution in [2.45, 2.75) is 260 Å². The second kappa shape index (κ2) is 36.1. The minimum Gasteiger partial charge on any atom is -0.306 e. The third kappa shape index (κ3) is 17.5. The Kier molecular flexibility index (Phi) is 27.4. The number of carbonyl (C=O) groups is 2. The van der Waals surface area contributed by atoms with E-state index in [1.54, 1.807) is 22.7 Å². The number of hydrogen-bond acceptors (Lipinski definition) is 6. The summed E-state index contributed by atoms with van der Waals surface area (Å²) < 4.78 is 2.66. The molecule has 0 spiro atoms. The van der Waals surface area contributed by atoms with Crippen LogP contribution in [0.2, 0.25) is 0 Å². The molecular formula is C84H110N2O2S4. The Bertz CT molecular complexity index is 3590. The van der Waals surface area contributed by atoms with Gasteiger partial charge in [0.15, 0.2) is 0 Å². The van der Waals surface area contributed by atoms with E-state index in [2.05, 4.69) is 159 Å². The molecule has 92 heavy (non-hydrogen) atoms. The second-order valence-corrected chi connectivity index (χ2v) is 31.4. The van der Waals surface area contributed by atoms with Gasteiger partial charge in [0.1, 0.15) is 0 Å². The summed E-state index contributed by atoms with van der Waals surface area (Å²) in [5.41, 5.74) is 11.0. The van der Waals surface area contributed by atoms with Crippen molar-refractivity contribution in [1.29, 1.82) is 0 Å². The molecule has 0 fully saturated rings. The zero-order chi connectivity index (χ0) is 64.0. The van der Waals surface area contributed by atoms with Gasteiger partial charge < -0.3 is 9.80 Å². The lowest BCUT2D eigenvalue weighted by atomic mass is 9.89. The Hall–Kier alpha value is -5.12.